The minimum absolute atomic E-state index is 0.356. The molecule has 0 saturated carbocycles. The molecule has 20 heavy (non-hydrogen) atoms. The van der Waals surface area contributed by atoms with Gasteiger partial charge in [-0.1, -0.05) is 54.1 Å². The van der Waals surface area contributed by atoms with Crippen LogP contribution < -0.4 is 0 Å². The molecule has 3 aromatic rings. The number of aryl methyl sites for hydroxylation is 2. The van der Waals surface area contributed by atoms with Crippen molar-refractivity contribution < 1.29 is 4.11 Å². The lowest BCUT2D eigenvalue weighted by Crippen LogP contribution is -1.88. The molecule has 0 bridgehead atoms. The zero-order chi connectivity index (χ0) is 16.4. The van der Waals surface area contributed by atoms with Gasteiger partial charge < -0.3 is 0 Å². The Balaban J connectivity index is 1.99. The van der Waals surface area contributed by atoms with Crippen molar-refractivity contribution in [3.63, 3.8) is 0 Å². The SMILES string of the molecule is [2H]C([2H])([2H])c1ccc(-c2ccnc(-c3ccccc3C)c2)cc1. The zero-order valence-electron chi connectivity index (χ0n) is 14.3. The van der Waals surface area contributed by atoms with Gasteiger partial charge in [-0.2, -0.15) is 0 Å². The number of hydrogen-bond acceptors (Lipinski definition) is 1. The van der Waals surface area contributed by atoms with E-state index in [1.807, 2.05) is 36.4 Å². The van der Waals surface area contributed by atoms with Crippen LogP contribution in [0.25, 0.3) is 22.4 Å². The molecule has 0 aliphatic heterocycles. The topological polar surface area (TPSA) is 12.9 Å². The summed E-state index contributed by atoms with van der Waals surface area (Å²) >= 11 is 0. The second-order valence-corrected chi connectivity index (χ2v) is 4.82. The molecule has 98 valence electrons. The average Bonchev–Trinajstić information content (AvgIpc) is 2.55. The minimum Gasteiger partial charge on any atom is -0.256 e. The van der Waals surface area contributed by atoms with Gasteiger partial charge in [-0.25, -0.2) is 0 Å². The Bertz CT molecular complexity index is 821. The third-order valence-corrected chi connectivity index (χ3v) is 3.40. The fraction of sp³-hybridized carbons (Fsp3) is 0.105. The maximum absolute atomic E-state index is 7.44. The summed E-state index contributed by atoms with van der Waals surface area (Å²) in [5.41, 5.74) is 5.56. The van der Waals surface area contributed by atoms with Gasteiger partial charge in [-0.3, -0.25) is 4.98 Å². The van der Waals surface area contributed by atoms with Crippen molar-refractivity contribution in [3.8, 4) is 22.4 Å². The lowest BCUT2D eigenvalue weighted by molar-refractivity contribution is 1.30. The highest BCUT2D eigenvalue weighted by Gasteiger charge is 2.04. The zero-order valence-corrected chi connectivity index (χ0v) is 11.3. The molecular formula is C19H17N. The largest absolute Gasteiger partial charge is 0.256 e. The van der Waals surface area contributed by atoms with Crippen LogP contribution >= 0.6 is 0 Å². The van der Waals surface area contributed by atoms with Gasteiger partial charge in [0.25, 0.3) is 0 Å². The van der Waals surface area contributed by atoms with Crippen LogP contribution in [0.2, 0.25) is 0 Å². The minimum atomic E-state index is -2.07. The van der Waals surface area contributed by atoms with Crippen LogP contribution in [0.1, 0.15) is 15.2 Å². The van der Waals surface area contributed by atoms with Crippen LogP contribution in [0.4, 0.5) is 0 Å². The molecule has 0 saturated heterocycles. The highest BCUT2D eigenvalue weighted by Crippen LogP contribution is 2.26. The maximum atomic E-state index is 7.44. The van der Waals surface area contributed by atoms with Crippen molar-refractivity contribution in [2.45, 2.75) is 13.8 Å². The smallest absolute Gasteiger partial charge is 0.0710 e. The molecule has 3 rings (SSSR count). The molecule has 1 heteroatoms. The standard InChI is InChI=1S/C19H17N/c1-14-7-9-16(10-8-14)17-11-12-20-19(13-17)18-6-4-3-5-15(18)2/h3-13H,1-2H3/i1D3. The Labute approximate surface area is 124 Å². The first-order chi connectivity index (χ1) is 10.9. The van der Waals surface area contributed by atoms with Crippen LogP contribution in [-0.2, 0) is 0 Å². The molecule has 0 spiro atoms. The van der Waals surface area contributed by atoms with Crippen molar-refractivity contribution in [2.24, 2.45) is 0 Å². The summed E-state index contributed by atoms with van der Waals surface area (Å²) < 4.78 is 22.3. The lowest BCUT2D eigenvalue weighted by Gasteiger charge is -2.07. The number of rotatable bonds is 2. The van der Waals surface area contributed by atoms with Gasteiger partial charge in [0.2, 0.25) is 0 Å². The first-order valence-corrected chi connectivity index (χ1v) is 6.58. The van der Waals surface area contributed by atoms with Crippen LogP contribution in [0.5, 0.6) is 0 Å². The van der Waals surface area contributed by atoms with Gasteiger partial charge in [0, 0.05) is 15.9 Å². The van der Waals surface area contributed by atoms with E-state index < -0.39 is 6.85 Å². The van der Waals surface area contributed by atoms with Crippen LogP contribution in [-0.4, -0.2) is 4.98 Å². The van der Waals surface area contributed by atoms with E-state index in [1.165, 1.54) is 5.56 Å². The molecule has 0 N–H and O–H groups in total. The average molecular weight is 262 g/mol. The van der Waals surface area contributed by atoms with E-state index in [2.05, 4.69) is 24.0 Å². The molecule has 2 aromatic carbocycles. The van der Waals surface area contributed by atoms with Gasteiger partial charge >= 0.3 is 0 Å². The Hall–Kier alpha value is -2.41. The number of benzene rings is 2. The molecule has 0 fully saturated rings. The summed E-state index contributed by atoms with van der Waals surface area (Å²) in [6.45, 7) is -0.00209. The molecule has 0 aliphatic carbocycles. The van der Waals surface area contributed by atoms with Crippen molar-refractivity contribution >= 4 is 0 Å². The van der Waals surface area contributed by atoms with E-state index in [-0.39, 0.29) is 0 Å². The molecule has 0 radical (unpaired) electrons. The molecule has 1 aromatic heterocycles. The predicted molar refractivity (Wildman–Crippen MR) is 84.6 cm³/mol. The first-order valence-electron chi connectivity index (χ1n) is 8.08. The molecule has 1 heterocycles. The first kappa shape index (κ1) is 9.49. The van der Waals surface area contributed by atoms with Gasteiger partial charge in [0.05, 0.1) is 5.69 Å². The monoisotopic (exact) mass is 262 g/mol. The van der Waals surface area contributed by atoms with E-state index in [0.717, 1.165) is 22.4 Å². The van der Waals surface area contributed by atoms with E-state index >= 15 is 0 Å². The van der Waals surface area contributed by atoms with Crippen LogP contribution in [0.15, 0.2) is 66.9 Å². The third kappa shape index (κ3) is 2.48. The quantitative estimate of drug-likeness (QED) is 0.631. The van der Waals surface area contributed by atoms with E-state index in [1.54, 1.807) is 18.3 Å². The van der Waals surface area contributed by atoms with E-state index in [0.29, 0.717) is 5.56 Å². The summed E-state index contributed by atoms with van der Waals surface area (Å²) in [6, 6.07) is 19.1. The molecule has 0 aliphatic rings. The Morgan fingerprint density at radius 2 is 1.70 bits per heavy atom. The van der Waals surface area contributed by atoms with Crippen LogP contribution in [0.3, 0.4) is 0 Å². The molecule has 0 atom stereocenters. The Kier molecular flexibility index (Phi) is 2.51. The predicted octanol–water partition coefficient (Wildman–Crippen LogP) is 5.03. The molecular weight excluding hydrogens is 242 g/mol. The Morgan fingerprint density at radius 3 is 2.45 bits per heavy atom. The summed E-state index contributed by atoms with van der Waals surface area (Å²) in [5, 5.41) is 0. The maximum Gasteiger partial charge on any atom is 0.0710 e. The Morgan fingerprint density at radius 1 is 0.900 bits per heavy atom. The normalized spacial score (nSPS) is 13.3. The third-order valence-electron chi connectivity index (χ3n) is 3.40. The van der Waals surface area contributed by atoms with E-state index in [4.69, 9.17) is 4.11 Å². The second-order valence-electron chi connectivity index (χ2n) is 4.82. The van der Waals surface area contributed by atoms with E-state index in [9.17, 15) is 0 Å². The lowest BCUT2D eigenvalue weighted by atomic mass is 10.0. The summed E-state index contributed by atoms with van der Waals surface area (Å²) in [5.74, 6) is 0. The summed E-state index contributed by atoms with van der Waals surface area (Å²) in [4.78, 5) is 4.46. The highest BCUT2D eigenvalue weighted by molar-refractivity contribution is 5.71. The summed E-state index contributed by atoms with van der Waals surface area (Å²) in [6.07, 6.45) is 1.79. The number of aromatic nitrogens is 1. The summed E-state index contributed by atoms with van der Waals surface area (Å²) in [7, 11) is 0. The van der Waals surface area contributed by atoms with Crippen molar-refractivity contribution in [1.29, 1.82) is 0 Å². The molecule has 1 nitrogen and oxygen atoms in total. The van der Waals surface area contributed by atoms with Gasteiger partial charge in [-0.05, 0) is 42.6 Å². The van der Waals surface area contributed by atoms with Gasteiger partial charge in [0.15, 0.2) is 0 Å². The highest BCUT2D eigenvalue weighted by atomic mass is 14.7. The number of nitrogens with zero attached hydrogens (tertiary/aromatic N) is 1. The fourth-order valence-electron chi connectivity index (χ4n) is 2.28. The molecule has 0 amide bonds. The second kappa shape index (κ2) is 5.30. The van der Waals surface area contributed by atoms with Gasteiger partial charge in [0.1, 0.15) is 0 Å². The number of hydrogen-bond donors (Lipinski definition) is 0. The van der Waals surface area contributed by atoms with Crippen molar-refractivity contribution in [1.82, 2.24) is 4.98 Å². The van der Waals surface area contributed by atoms with Crippen molar-refractivity contribution in [3.05, 3.63) is 78.0 Å². The van der Waals surface area contributed by atoms with Gasteiger partial charge in [-0.15, -0.1) is 0 Å². The molecule has 0 unspecified atom stereocenters. The van der Waals surface area contributed by atoms with Crippen LogP contribution in [0, 0.1) is 13.8 Å². The number of pyridine rings is 1. The van der Waals surface area contributed by atoms with Crippen molar-refractivity contribution in [2.75, 3.05) is 0 Å². The fourth-order valence-corrected chi connectivity index (χ4v) is 2.28.